The van der Waals surface area contributed by atoms with Gasteiger partial charge in [0.1, 0.15) is 17.5 Å². The van der Waals surface area contributed by atoms with E-state index >= 15 is 0 Å². The van der Waals surface area contributed by atoms with Crippen molar-refractivity contribution < 1.29 is 6.53 Å². The van der Waals surface area contributed by atoms with Crippen molar-refractivity contribution in [3.05, 3.63) is 53.0 Å². The van der Waals surface area contributed by atoms with Crippen molar-refractivity contribution in [3.8, 4) is 11.8 Å². The predicted molar refractivity (Wildman–Crippen MR) is 97.4 cm³/mol. The Labute approximate surface area is 147 Å². The number of aromatic amines is 1. The Morgan fingerprint density at radius 2 is 2.00 bits per heavy atom. The highest BCUT2D eigenvalue weighted by Crippen LogP contribution is 2.42. The number of rotatable bonds is 1. The third kappa shape index (κ3) is 3.34. The van der Waals surface area contributed by atoms with Crippen molar-refractivity contribution >= 4 is 10.9 Å². The van der Waals surface area contributed by atoms with Gasteiger partial charge in [-0.2, -0.15) is 10.4 Å². The Bertz CT molecular complexity index is 956. The maximum atomic E-state index is 9.33. The van der Waals surface area contributed by atoms with Gasteiger partial charge in [-0.3, -0.25) is 5.10 Å². The smallest absolute Gasteiger partial charge is 0.140 e. The van der Waals surface area contributed by atoms with Gasteiger partial charge < -0.3 is 5.11 Å². The number of phenols is 1. The number of hydrogen-bond donors (Lipinski definition) is 2. The Morgan fingerprint density at radius 1 is 1.16 bits per heavy atom. The van der Waals surface area contributed by atoms with Crippen LogP contribution in [0.3, 0.4) is 0 Å². The number of nitrogens with one attached hydrogen (secondary N) is 1. The molecule has 1 aromatic carbocycles. The zero-order chi connectivity index (χ0) is 17.2. The van der Waals surface area contributed by atoms with E-state index in [9.17, 15) is 5.11 Å². The fourth-order valence-electron chi connectivity index (χ4n) is 3.35. The minimum atomic E-state index is 0. The number of aromatic hydroxyl groups is 1. The van der Waals surface area contributed by atoms with Gasteiger partial charge in [0.25, 0.3) is 0 Å². The van der Waals surface area contributed by atoms with Crippen LogP contribution < -0.4 is 0 Å². The molecule has 25 heavy (non-hydrogen) atoms. The lowest BCUT2D eigenvalue weighted by atomic mass is 9.96. The molecule has 5 heteroatoms. The average molecular weight is 334 g/mol. The highest BCUT2D eigenvalue weighted by molar-refractivity contribution is 5.83. The summed E-state index contributed by atoms with van der Waals surface area (Å²) in [5, 5.41) is 26.3. The summed E-state index contributed by atoms with van der Waals surface area (Å²) >= 11 is 0. The summed E-state index contributed by atoms with van der Waals surface area (Å²) in [4.78, 5) is 4.27. The second-order valence-corrected chi connectivity index (χ2v) is 6.73. The van der Waals surface area contributed by atoms with Gasteiger partial charge in [-0.1, -0.05) is 6.07 Å². The number of benzene rings is 1. The van der Waals surface area contributed by atoms with Gasteiger partial charge in [0, 0.05) is 24.1 Å². The first-order valence-electron chi connectivity index (χ1n) is 8.80. The third-order valence-electron chi connectivity index (χ3n) is 4.85. The first-order chi connectivity index (χ1) is 12.2. The van der Waals surface area contributed by atoms with Gasteiger partial charge in [0.2, 0.25) is 0 Å². The number of fused-ring (bicyclic) bond motifs is 2. The maximum absolute atomic E-state index is 9.33. The summed E-state index contributed by atoms with van der Waals surface area (Å²) in [6, 6.07) is 11.2. The average Bonchev–Trinajstić information content (AvgIpc) is 3.41. The summed E-state index contributed by atoms with van der Waals surface area (Å²) in [5.74, 6) is 0.961. The monoisotopic (exact) mass is 334 g/mol. The molecular weight excluding hydrogens is 312 g/mol. The van der Waals surface area contributed by atoms with E-state index in [1.807, 2.05) is 18.2 Å². The molecule has 0 spiro atoms. The minimum Gasteiger partial charge on any atom is -0.508 e. The standard InChI is InChI=1S/C10H10N2O.C10H10N2.H2/c13-7-3-4-9-8(5-7)10(12-11-9)6-1-2-6;11-7-9-6-5-8-3-1-2-4-10(8)12-9;/h3-6,13H,1-2H2,(H,11,12);5-6H,1-4H2;1H. The molecule has 5 nitrogen and oxygen atoms in total. The molecule has 0 atom stereocenters. The van der Waals surface area contributed by atoms with Gasteiger partial charge in [0.05, 0.1) is 5.52 Å². The minimum absolute atomic E-state index is 0. The van der Waals surface area contributed by atoms with Crippen molar-refractivity contribution in [2.24, 2.45) is 0 Å². The van der Waals surface area contributed by atoms with Crippen molar-refractivity contribution in [2.75, 3.05) is 0 Å². The lowest BCUT2D eigenvalue weighted by Crippen LogP contribution is -2.05. The number of aryl methyl sites for hydroxylation is 2. The number of phenolic OH excluding ortho intramolecular Hbond substituents is 1. The van der Waals surface area contributed by atoms with E-state index in [1.54, 1.807) is 12.1 Å². The molecule has 2 heterocycles. The molecular formula is C20H22N4O. The molecule has 0 saturated heterocycles. The zero-order valence-electron chi connectivity index (χ0n) is 14.0. The number of nitriles is 1. The van der Waals surface area contributed by atoms with Crippen molar-refractivity contribution in [1.29, 1.82) is 5.26 Å². The number of pyridine rings is 1. The second kappa shape index (κ2) is 6.56. The summed E-state index contributed by atoms with van der Waals surface area (Å²) in [6.07, 6.45) is 7.15. The van der Waals surface area contributed by atoms with E-state index in [0.717, 1.165) is 29.4 Å². The van der Waals surface area contributed by atoms with Crippen LogP contribution in [0.4, 0.5) is 0 Å². The number of nitrogens with zero attached hydrogens (tertiary/aromatic N) is 3. The molecule has 0 amide bonds. The molecule has 0 radical (unpaired) electrons. The van der Waals surface area contributed by atoms with E-state index < -0.39 is 0 Å². The molecule has 0 bridgehead atoms. The van der Waals surface area contributed by atoms with Crippen LogP contribution in [0.15, 0.2) is 30.3 Å². The lowest BCUT2D eigenvalue weighted by molar-refractivity contribution is 0.476. The maximum Gasteiger partial charge on any atom is 0.140 e. The molecule has 2 N–H and O–H groups in total. The van der Waals surface area contributed by atoms with E-state index in [-0.39, 0.29) is 1.43 Å². The fourth-order valence-corrected chi connectivity index (χ4v) is 3.35. The molecule has 1 saturated carbocycles. The number of hydrogen-bond acceptors (Lipinski definition) is 4. The van der Waals surface area contributed by atoms with Crippen LogP contribution in [0.1, 0.15) is 55.7 Å². The largest absolute Gasteiger partial charge is 0.508 e. The molecule has 2 aliphatic rings. The van der Waals surface area contributed by atoms with Crippen LogP contribution in [-0.4, -0.2) is 20.3 Å². The van der Waals surface area contributed by atoms with Crippen LogP contribution in [0, 0.1) is 11.3 Å². The zero-order valence-corrected chi connectivity index (χ0v) is 14.0. The molecule has 5 rings (SSSR count). The SMILES string of the molecule is N#Cc1ccc2c(n1)CCCC2.Oc1ccc2n[nH]c(C3CC3)c2c1.[HH]. The molecule has 0 unspecified atom stereocenters. The van der Waals surface area contributed by atoms with Crippen LogP contribution in [0.2, 0.25) is 0 Å². The lowest BCUT2D eigenvalue weighted by Gasteiger charge is -2.13. The summed E-state index contributed by atoms with van der Waals surface area (Å²) in [5.41, 5.74) is 5.15. The Balaban J connectivity index is 0.000000146. The van der Waals surface area contributed by atoms with Gasteiger partial charge in [-0.15, -0.1) is 0 Å². The van der Waals surface area contributed by atoms with Crippen molar-refractivity contribution in [1.82, 2.24) is 15.2 Å². The topological polar surface area (TPSA) is 85.6 Å². The number of aromatic nitrogens is 3. The normalized spacial score (nSPS) is 15.8. The highest BCUT2D eigenvalue weighted by atomic mass is 16.3. The predicted octanol–water partition coefficient (Wildman–Crippen LogP) is 4.22. The molecule has 128 valence electrons. The first kappa shape index (κ1) is 15.6. The van der Waals surface area contributed by atoms with E-state index in [2.05, 4.69) is 21.3 Å². The van der Waals surface area contributed by atoms with E-state index in [1.165, 1.54) is 36.9 Å². The van der Waals surface area contributed by atoms with Crippen LogP contribution in [0.5, 0.6) is 5.75 Å². The van der Waals surface area contributed by atoms with Gasteiger partial charge in [-0.25, -0.2) is 4.98 Å². The molecule has 0 aliphatic heterocycles. The van der Waals surface area contributed by atoms with Gasteiger partial charge >= 0.3 is 0 Å². The van der Waals surface area contributed by atoms with E-state index in [4.69, 9.17) is 5.26 Å². The van der Waals surface area contributed by atoms with Crippen molar-refractivity contribution in [2.45, 2.75) is 44.4 Å². The Hall–Kier alpha value is -2.87. The third-order valence-corrected chi connectivity index (χ3v) is 4.85. The molecule has 1 fully saturated rings. The number of H-pyrrole nitrogens is 1. The Morgan fingerprint density at radius 3 is 2.80 bits per heavy atom. The molecule has 2 aromatic heterocycles. The first-order valence-corrected chi connectivity index (χ1v) is 8.80. The fraction of sp³-hybridized carbons (Fsp3) is 0.350. The van der Waals surface area contributed by atoms with Crippen LogP contribution in [-0.2, 0) is 12.8 Å². The van der Waals surface area contributed by atoms with Crippen molar-refractivity contribution in [3.63, 3.8) is 0 Å². The summed E-state index contributed by atoms with van der Waals surface area (Å²) < 4.78 is 0. The van der Waals surface area contributed by atoms with Crippen LogP contribution >= 0.6 is 0 Å². The quantitative estimate of drug-likeness (QED) is 0.697. The molecule has 2 aliphatic carbocycles. The van der Waals surface area contributed by atoms with E-state index in [0.29, 0.717) is 17.4 Å². The summed E-state index contributed by atoms with van der Waals surface area (Å²) in [6.45, 7) is 0. The molecule has 3 aromatic rings. The summed E-state index contributed by atoms with van der Waals surface area (Å²) in [7, 11) is 0. The van der Waals surface area contributed by atoms with Gasteiger partial charge in [-0.05, 0) is 68.4 Å². The van der Waals surface area contributed by atoms with Gasteiger partial charge in [0.15, 0.2) is 0 Å². The Kier molecular flexibility index (Phi) is 4.10. The second-order valence-electron chi connectivity index (χ2n) is 6.73. The highest BCUT2D eigenvalue weighted by Gasteiger charge is 2.27. The van der Waals surface area contributed by atoms with Crippen LogP contribution in [0.25, 0.3) is 10.9 Å².